The Morgan fingerprint density at radius 3 is 3.00 bits per heavy atom. The largest absolute Gasteiger partial charge is 0.340 e. The number of piperazine rings is 1. The van der Waals surface area contributed by atoms with E-state index in [1.807, 2.05) is 4.90 Å². The van der Waals surface area contributed by atoms with Gasteiger partial charge in [-0.3, -0.25) is 4.79 Å². The molecule has 1 atom stereocenters. The van der Waals surface area contributed by atoms with Crippen molar-refractivity contribution in [3.8, 4) is 0 Å². The van der Waals surface area contributed by atoms with Gasteiger partial charge in [0, 0.05) is 19.6 Å². The second-order valence-corrected chi connectivity index (χ2v) is 4.33. The van der Waals surface area contributed by atoms with Gasteiger partial charge < -0.3 is 10.2 Å². The minimum absolute atomic E-state index is 0.277. The van der Waals surface area contributed by atoms with Gasteiger partial charge in [-0.25, -0.2) is 0 Å². The van der Waals surface area contributed by atoms with Gasteiger partial charge in [-0.1, -0.05) is 6.92 Å². The highest BCUT2D eigenvalue weighted by molar-refractivity contribution is 5.78. The molecule has 2 rings (SSSR count). The van der Waals surface area contributed by atoms with Crippen LogP contribution in [0.5, 0.6) is 0 Å². The molecule has 1 unspecified atom stereocenters. The normalized spacial score (nSPS) is 26.2. The lowest BCUT2D eigenvalue weighted by Gasteiger charge is -2.29. The summed E-state index contributed by atoms with van der Waals surface area (Å²) in [7, 11) is 0. The summed E-state index contributed by atoms with van der Waals surface area (Å²) in [6.45, 7) is 5.65. The number of rotatable bonds is 3. The third-order valence-corrected chi connectivity index (χ3v) is 3.12. The smallest absolute Gasteiger partial charge is 0.236 e. The fraction of sp³-hybridized carbons (Fsp3) is 0.900. The Balaban J connectivity index is 1.81. The first-order chi connectivity index (χ1) is 6.27. The molecule has 0 radical (unpaired) electrons. The van der Waals surface area contributed by atoms with Crippen LogP contribution in [0.25, 0.3) is 0 Å². The van der Waals surface area contributed by atoms with E-state index in [1.165, 1.54) is 12.8 Å². The van der Waals surface area contributed by atoms with Gasteiger partial charge >= 0.3 is 0 Å². The first kappa shape index (κ1) is 9.00. The van der Waals surface area contributed by atoms with E-state index >= 15 is 0 Å². The fourth-order valence-corrected chi connectivity index (χ4v) is 2.00. The van der Waals surface area contributed by atoms with Crippen molar-refractivity contribution in [1.29, 1.82) is 0 Å². The average molecular weight is 182 g/mol. The van der Waals surface area contributed by atoms with Crippen LogP contribution in [0, 0.1) is 11.8 Å². The van der Waals surface area contributed by atoms with Gasteiger partial charge in [0.25, 0.3) is 0 Å². The molecule has 1 saturated carbocycles. The molecule has 2 aliphatic rings. The average Bonchev–Trinajstić information content (AvgIpc) is 2.91. The number of amides is 1. The van der Waals surface area contributed by atoms with Crippen LogP contribution < -0.4 is 5.32 Å². The number of nitrogens with one attached hydrogen (secondary N) is 1. The molecule has 13 heavy (non-hydrogen) atoms. The lowest BCUT2D eigenvalue weighted by atomic mass is 10.1. The van der Waals surface area contributed by atoms with Crippen LogP contribution in [0.3, 0.4) is 0 Å². The highest BCUT2D eigenvalue weighted by Crippen LogP contribution is 2.36. The molecule has 3 heteroatoms. The maximum Gasteiger partial charge on any atom is 0.236 e. The van der Waals surface area contributed by atoms with E-state index in [-0.39, 0.29) is 5.91 Å². The molecule has 0 bridgehead atoms. The Labute approximate surface area is 79.5 Å². The fourth-order valence-electron chi connectivity index (χ4n) is 2.00. The molecular formula is C10H18N2O. The van der Waals surface area contributed by atoms with Crippen LogP contribution in [-0.4, -0.2) is 37.0 Å². The van der Waals surface area contributed by atoms with Gasteiger partial charge in [-0.15, -0.1) is 0 Å². The molecule has 1 aliphatic carbocycles. The van der Waals surface area contributed by atoms with Crippen molar-refractivity contribution in [3.05, 3.63) is 0 Å². The quantitative estimate of drug-likeness (QED) is 0.688. The Morgan fingerprint density at radius 1 is 1.62 bits per heavy atom. The summed E-state index contributed by atoms with van der Waals surface area (Å²) in [6.07, 6.45) is 2.75. The summed E-state index contributed by atoms with van der Waals surface area (Å²) in [5.74, 6) is 1.89. The number of hydrogen-bond donors (Lipinski definition) is 1. The third kappa shape index (κ3) is 2.21. The van der Waals surface area contributed by atoms with Gasteiger partial charge in [-0.05, 0) is 24.7 Å². The maximum absolute atomic E-state index is 11.4. The van der Waals surface area contributed by atoms with Crippen LogP contribution in [-0.2, 0) is 4.79 Å². The van der Waals surface area contributed by atoms with Crippen molar-refractivity contribution in [3.63, 3.8) is 0 Å². The topological polar surface area (TPSA) is 32.3 Å². The second-order valence-electron chi connectivity index (χ2n) is 4.33. The van der Waals surface area contributed by atoms with Crippen molar-refractivity contribution < 1.29 is 4.79 Å². The molecule has 3 nitrogen and oxygen atoms in total. The Bertz CT molecular complexity index is 201. The zero-order chi connectivity index (χ0) is 9.26. The van der Waals surface area contributed by atoms with Crippen molar-refractivity contribution in [2.45, 2.75) is 19.8 Å². The predicted octanol–water partition coefficient (Wildman–Crippen LogP) is 0.464. The molecule has 1 N–H and O–H groups in total. The first-order valence-electron chi connectivity index (χ1n) is 5.26. The predicted molar refractivity (Wildman–Crippen MR) is 51.3 cm³/mol. The monoisotopic (exact) mass is 182 g/mol. The zero-order valence-electron chi connectivity index (χ0n) is 8.25. The van der Waals surface area contributed by atoms with Crippen molar-refractivity contribution in [2.75, 3.05) is 26.2 Å². The summed E-state index contributed by atoms with van der Waals surface area (Å²) >= 11 is 0. The Hall–Kier alpha value is -0.570. The molecule has 74 valence electrons. The minimum Gasteiger partial charge on any atom is -0.340 e. The molecule has 0 spiro atoms. The molecule has 1 saturated heterocycles. The molecule has 1 heterocycles. The highest BCUT2D eigenvalue weighted by Gasteiger charge is 2.30. The van der Waals surface area contributed by atoms with Crippen LogP contribution in [0.4, 0.5) is 0 Å². The number of carbonyl (C=O) groups excluding carboxylic acids is 1. The number of carbonyl (C=O) groups is 1. The standard InChI is InChI=1S/C10H18N2O/c1-8(9-2-3-9)7-12-5-4-11-6-10(12)13/h8-9,11H,2-7H2,1H3. The lowest BCUT2D eigenvalue weighted by Crippen LogP contribution is -2.49. The SMILES string of the molecule is CC(CN1CCNCC1=O)C1CC1. The van der Waals surface area contributed by atoms with Crippen molar-refractivity contribution >= 4 is 5.91 Å². The van der Waals surface area contributed by atoms with Gasteiger partial charge in [-0.2, -0.15) is 0 Å². The van der Waals surface area contributed by atoms with Gasteiger partial charge in [0.1, 0.15) is 0 Å². The molecule has 0 aromatic heterocycles. The lowest BCUT2D eigenvalue weighted by molar-refractivity contribution is -0.132. The van der Waals surface area contributed by atoms with Crippen LogP contribution in [0.15, 0.2) is 0 Å². The van der Waals surface area contributed by atoms with Crippen molar-refractivity contribution in [1.82, 2.24) is 10.2 Å². The molecule has 0 aromatic carbocycles. The first-order valence-corrected chi connectivity index (χ1v) is 5.26. The molecule has 1 amide bonds. The number of nitrogens with zero attached hydrogens (tertiary/aromatic N) is 1. The van der Waals surface area contributed by atoms with Crippen LogP contribution in [0.2, 0.25) is 0 Å². The second kappa shape index (κ2) is 3.66. The molecule has 0 aromatic rings. The molecule has 2 fully saturated rings. The van der Waals surface area contributed by atoms with Gasteiger partial charge in [0.05, 0.1) is 6.54 Å². The maximum atomic E-state index is 11.4. The van der Waals surface area contributed by atoms with E-state index in [2.05, 4.69) is 12.2 Å². The zero-order valence-corrected chi connectivity index (χ0v) is 8.25. The molecule has 1 aliphatic heterocycles. The van der Waals surface area contributed by atoms with Crippen LogP contribution >= 0.6 is 0 Å². The summed E-state index contributed by atoms with van der Waals surface area (Å²) in [5.41, 5.74) is 0. The third-order valence-electron chi connectivity index (χ3n) is 3.12. The Kier molecular flexibility index (Phi) is 2.54. The Morgan fingerprint density at radius 2 is 2.38 bits per heavy atom. The van der Waals surface area contributed by atoms with Gasteiger partial charge in [0.2, 0.25) is 5.91 Å². The summed E-state index contributed by atoms with van der Waals surface area (Å²) in [6, 6.07) is 0. The molecular weight excluding hydrogens is 164 g/mol. The van der Waals surface area contributed by atoms with E-state index in [1.54, 1.807) is 0 Å². The summed E-state index contributed by atoms with van der Waals surface area (Å²) < 4.78 is 0. The van der Waals surface area contributed by atoms with E-state index in [0.29, 0.717) is 12.5 Å². The van der Waals surface area contributed by atoms with Gasteiger partial charge in [0.15, 0.2) is 0 Å². The highest BCUT2D eigenvalue weighted by atomic mass is 16.2. The minimum atomic E-state index is 0.277. The van der Waals surface area contributed by atoms with E-state index in [9.17, 15) is 4.79 Å². The van der Waals surface area contributed by atoms with E-state index < -0.39 is 0 Å². The summed E-state index contributed by atoms with van der Waals surface area (Å²) in [4.78, 5) is 13.4. The van der Waals surface area contributed by atoms with E-state index in [0.717, 1.165) is 25.6 Å². The summed E-state index contributed by atoms with van der Waals surface area (Å²) in [5, 5.41) is 3.09. The van der Waals surface area contributed by atoms with Crippen molar-refractivity contribution in [2.24, 2.45) is 11.8 Å². The number of hydrogen-bond acceptors (Lipinski definition) is 2. The van der Waals surface area contributed by atoms with E-state index in [4.69, 9.17) is 0 Å². The van der Waals surface area contributed by atoms with Crippen LogP contribution in [0.1, 0.15) is 19.8 Å².